The second-order valence-electron chi connectivity index (χ2n) is 4.41. The number of methoxy groups -OCH3 is 1. The van der Waals surface area contributed by atoms with Crippen LogP contribution in [-0.4, -0.2) is 38.5 Å². The summed E-state index contributed by atoms with van der Waals surface area (Å²) in [6, 6.07) is 9.40. The molecule has 2 N–H and O–H groups in total. The molecular weight excluding hydrogens is 256 g/mol. The molecule has 0 fully saturated rings. The number of nitrogen functional groups attached to an aromatic ring is 1. The van der Waals surface area contributed by atoms with Gasteiger partial charge in [0.05, 0.1) is 12.1 Å². The Kier molecular flexibility index (Phi) is 5.58. The molecule has 0 unspecified atom stereocenters. The van der Waals surface area contributed by atoms with Crippen LogP contribution in [0.5, 0.6) is 5.88 Å². The largest absolute Gasteiger partial charge is 0.475 e. The molecule has 0 spiro atoms. The number of pyridine rings is 1. The quantitative estimate of drug-likeness (QED) is 0.591. The number of ether oxygens (including phenoxy) is 3. The summed E-state index contributed by atoms with van der Waals surface area (Å²) in [7, 11) is 1.68. The molecule has 1 heterocycles. The highest BCUT2D eigenvalue weighted by Gasteiger charge is 2.00. The van der Waals surface area contributed by atoms with Gasteiger partial charge < -0.3 is 19.9 Å². The first kappa shape index (κ1) is 14.6. The minimum atomic E-state index is 0.487. The van der Waals surface area contributed by atoms with Crippen molar-refractivity contribution in [1.82, 2.24) is 4.98 Å². The minimum Gasteiger partial charge on any atom is -0.475 e. The van der Waals surface area contributed by atoms with Crippen molar-refractivity contribution >= 4 is 16.6 Å². The van der Waals surface area contributed by atoms with Crippen LogP contribution in [0.2, 0.25) is 0 Å². The average molecular weight is 276 g/mol. The fourth-order valence-electron chi connectivity index (χ4n) is 1.82. The van der Waals surface area contributed by atoms with E-state index in [1.54, 1.807) is 7.11 Å². The van der Waals surface area contributed by atoms with E-state index in [1.807, 2.05) is 30.3 Å². The predicted octanol–water partition coefficient (Wildman–Crippen LogP) is 2.25. The third-order valence-corrected chi connectivity index (χ3v) is 2.80. The highest BCUT2D eigenvalue weighted by atomic mass is 16.5. The lowest BCUT2D eigenvalue weighted by atomic mass is 10.2. The Morgan fingerprint density at radius 2 is 1.95 bits per heavy atom. The van der Waals surface area contributed by atoms with Gasteiger partial charge in [-0.2, -0.15) is 0 Å². The normalized spacial score (nSPS) is 10.8. The number of benzene rings is 1. The smallest absolute Gasteiger partial charge is 0.213 e. The monoisotopic (exact) mass is 276 g/mol. The lowest BCUT2D eigenvalue weighted by molar-refractivity contribution is 0.0796. The molecule has 1 aromatic carbocycles. The van der Waals surface area contributed by atoms with Crippen LogP contribution in [0.15, 0.2) is 30.3 Å². The molecule has 2 aromatic rings. The Balaban J connectivity index is 1.77. The van der Waals surface area contributed by atoms with Crippen LogP contribution in [0.4, 0.5) is 5.69 Å². The van der Waals surface area contributed by atoms with Gasteiger partial charge in [0, 0.05) is 37.5 Å². The molecule has 0 amide bonds. The summed E-state index contributed by atoms with van der Waals surface area (Å²) in [6.07, 6.45) is 0.895. The lowest BCUT2D eigenvalue weighted by Gasteiger charge is -2.07. The third kappa shape index (κ3) is 4.36. The molecule has 2 rings (SSSR count). The van der Waals surface area contributed by atoms with Gasteiger partial charge in [-0.05, 0) is 30.7 Å². The number of fused-ring (bicyclic) bond motifs is 1. The molecule has 5 heteroatoms. The van der Waals surface area contributed by atoms with Crippen LogP contribution < -0.4 is 10.5 Å². The van der Waals surface area contributed by atoms with Crippen LogP contribution in [0, 0.1) is 0 Å². The van der Waals surface area contributed by atoms with Crippen LogP contribution in [0.3, 0.4) is 0 Å². The van der Waals surface area contributed by atoms with Crippen molar-refractivity contribution in [3.8, 4) is 5.88 Å². The predicted molar refractivity (Wildman–Crippen MR) is 79.0 cm³/mol. The fraction of sp³-hybridized carbons (Fsp3) is 0.400. The van der Waals surface area contributed by atoms with Crippen LogP contribution in [0.1, 0.15) is 6.42 Å². The summed E-state index contributed by atoms with van der Waals surface area (Å²) in [5.74, 6) is 0.600. The number of nitrogens with zero attached hydrogens (tertiary/aromatic N) is 1. The standard InChI is InChI=1S/C15H20N2O3/c1-18-7-2-8-19-9-10-20-15-6-3-12-11-13(16)4-5-14(12)17-15/h3-6,11H,2,7-10,16H2,1H3. The van der Waals surface area contributed by atoms with E-state index in [0.29, 0.717) is 25.7 Å². The Bertz CT molecular complexity index is 546. The number of rotatable bonds is 8. The molecule has 0 aliphatic carbocycles. The van der Waals surface area contributed by atoms with Gasteiger partial charge in [0.1, 0.15) is 6.61 Å². The van der Waals surface area contributed by atoms with Gasteiger partial charge in [-0.1, -0.05) is 0 Å². The van der Waals surface area contributed by atoms with Gasteiger partial charge in [0.2, 0.25) is 5.88 Å². The summed E-state index contributed by atoms with van der Waals surface area (Å²) in [5, 5.41) is 1.01. The fourth-order valence-corrected chi connectivity index (χ4v) is 1.82. The average Bonchev–Trinajstić information content (AvgIpc) is 2.46. The Hall–Kier alpha value is -1.85. The SMILES string of the molecule is COCCCOCCOc1ccc2cc(N)ccc2n1. The van der Waals surface area contributed by atoms with Gasteiger partial charge in [-0.3, -0.25) is 0 Å². The molecule has 0 saturated carbocycles. The molecule has 20 heavy (non-hydrogen) atoms. The maximum atomic E-state index is 5.73. The van der Waals surface area contributed by atoms with E-state index >= 15 is 0 Å². The molecule has 0 radical (unpaired) electrons. The van der Waals surface area contributed by atoms with E-state index in [-0.39, 0.29) is 0 Å². The Morgan fingerprint density at radius 3 is 2.80 bits per heavy atom. The number of hydrogen-bond acceptors (Lipinski definition) is 5. The van der Waals surface area contributed by atoms with Crippen LogP contribution in [0.25, 0.3) is 10.9 Å². The first-order valence-electron chi connectivity index (χ1n) is 6.65. The van der Waals surface area contributed by atoms with Crippen molar-refractivity contribution < 1.29 is 14.2 Å². The minimum absolute atomic E-state index is 0.487. The van der Waals surface area contributed by atoms with Crippen molar-refractivity contribution in [3.05, 3.63) is 30.3 Å². The van der Waals surface area contributed by atoms with Crippen LogP contribution >= 0.6 is 0 Å². The van der Waals surface area contributed by atoms with Gasteiger partial charge in [0.15, 0.2) is 0 Å². The molecule has 0 atom stereocenters. The summed E-state index contributed by atoms with van der Waals surface area (Å²) < 4.78 is 15.9. The van der Waals surface area contributed by atoms with Crippen molar-refractivity contribution in [3.63, 3.8) is 0 Å². The number of nitrogens with two attached hydrogens (primary N) is 1. The molecular formula is C15H20N2O3. The first-order chi connectivity index (χ1) is 9.79. The van der Waals surface area contributed by atoms with Crippen molar-refractivity contribution in [2.24, 2.45) is 0 Å². The van der Waals surface area contributed by atoms with E-state index in [4.69, 9.17) is 19.9 Å². The third-order valence-electron chi connectivity index (χ3n) is 2.80. The second-order valence-corrected chi connectivity index (χ2v) is 4.41. The second kappa shape index (κ2) is 7.67. The van der Waals surface area contributed by atoms with E-state index in [9.17, 15) is 0 Å². The van der Waals surface area contributed by atoms with Gasteiger partial charge >= 0.3 is 0 Å². The Labute approximate surface area is 118 Å². The van der Waals surface area contributed by atoms with Crippen molar-refractivity contribution in [2.75, 3.05) is 39.3 Å². The summed E-state index contributed by atoms with van der Waals surface area (Å²) >= 11 is 0. The van der Waals surface area contributed by atoms with E-state index in [0.717, 1.165) is 29.6 Å². The van der Waals surface area contributed by atoms with E-state index in [2.05, 4.69) is 4.98 Å². The maximum absolute atomic E-state index is 5.73. The number of anilines is 1. The highest BCUT2D eigenvalue weighted by Crippen LogP contribution is 2.18. The van der Waals surface area contributed by atoms with E-state index < -0.39 is 0 Å². The highest BCUT2D eigenvalue weighted by molar-refractivity contribution is 5.82. The number of hydrogen-bond donors (Lipinski definition) is 1. The van der Waals surface area contributed by atoms with Crippen LogP contribution in [-0.2, 0) is 9.47 Å². The summed E-state index contributed by atoms with van der Waals surface area (Å²) in [6.45, 7) is 2.43. The molecule has 0 aliphatic heterocycles. The molecule has 0 saturated heterocycles. The summed E-state index contributed by atoms with van der Waals surface area (Å²) in [5.41, 5.74) is 7.33. The van der Waals surface area contributed by atoms with Gasteiger partial charge in [-0.15, -0.1) is 0 Å². The summed E-state index contributed by atoms with van der Waals surface area (Å²) in [4.78, 5) is 4.41. The lowest BCUT2D eigenvalue weighted by Crippen LogP contribution is -2.09. The van der Waals surface area contributed by atoms with E-state index in [1.165, 1.54) is 0 Å². The molecule has 5 nitrogen and oxygen atoms in total. The molecule has 1 aromatic heterocycles. The zero-order valence-corrected chi connectivity index (χ0v) is 11.7. The molecule has 108 valence electrons. The molecule has 0 bridgehead atoms. The molecule has 0 aliphatic rings. The van der Waals surface area contributed by atoms with Gasteiger partial charge in [-0.25, -0.2) is 4.98 Å². The zero-order valence-electron chi connectivity index (χ0n) is 11.7. The number of aromatic nitrogens is 1. The zero-order chi connectivity index (χ0) is 14.2. The van der Waals surface area contributed by atoms with Gasteiger partial charge in [0.25, 0.3) is 0 Å². The maximum Gasteiger partial charge on any atom is 0.213 e. The topological polar surface area (TPSA) is 66.6 Å². The van der Waals surface area contributed by atoms with Crippen molar-refractivity contribution in [2.45, 2.75) is 6.42 Å². The van der Waals surface area contributed by atoms with Crippen molar-refractivity contribution in [1.29, 1.82) is 0 Å². The Morgan fingerprint density at radius 1 is 1.05 bits per heavy atom. The first-order valence-corrected chi connectivity index (χ1v) is 6.65.